The molecule has 0 aliphatic carbocycles. The molecule has 1 unspecified atom stereocenters. The van der Waals surface area contributed by atoms with Crippen LogP contribution in [0.2, 0.25) is 0 Å². The van der Waals surface area contributed by atoms with E-state index >= 15 is 0 Å². The number of nitrogens with zero attached hydrogens (tertiary/aromatic N) is 1. The predicted molar refractivity (Wildman–Crippen MR) is 61.9 cm³/mol. The standard InChI is InChI=1S/C10H23N.AsH3/c1-4-7-10-11(8-5-2)9-6-3;/h4-10H2,1-3H3;1H3. The Hall–Kier alpha value is 0.518. The normalized spacial score (nSPS) is 10.0. The second kappa shape index (κ2) is 11.5. The average Bonchev–Trinajstić information content (AvgIpc) is 2.01. The van der Waals surface area contributed by atoms with Crippen LogP contribution in [-0.4, -0.2) is 42.5 Å². The summed E-state index contributed by atoms with van der Waals surface area (Å²) in [7, 11) is 0. The first kappa shape index (κ1) is 15.0. The van der Waals surface area contributed by atoms with Crippen molar-refractivity contribution in [3.05, 3.63) is 0 Å². The molecule has 0 aliphatic heterocycles. The van der Waals surface area contributed by atoms with E-state index in [1.165, 1.54) is 45.3 Å². The quantitative estimate of drug-likeness (QED) is 0.607. The molecule has 0 radical (unpaired) electrons. The van der Waals surface area contributed by atoms with Gasteiger partial charge < -0.3 is 4.90 Å². The first-order valence-electron chi connectivity index (χ1n) is 5.07. The summed E-state index contributed by atoms with van der Waals surface area (Å²) in [6.45, 7) is 10.7. The third-order valence-electron chi connectivity index (χ3n) is 1.91. The van der Waals surface area contributed by atoms with Gasteiger partial charge in [0, 0.05) is 0 Å². The molecule has 0 fully saturated rings. The summed E-state index contributed by atoms with van der Waals surface area (Å²) < 4.78 is 0. The van der Waals surface area contributed by atoms with Gasteiger partial charge in [0.15, 0.2) is 0 Å². The van der Waals surface area contributed by atoms with Gasteiger partial charge in [-0.15, -0.1) is 0 Å². The van der Waals surface area contributed by atoms with Gasteiger partial charge in [0.2, 0.25) is 0 Å². The molecule has 0 rings (SSSR count). The zero-order valence-electron chi connectivity index (χ0n) is 9.10. The summed E-state index contributed by atoms with van der Waals surface area (Å²) in [4.78, 5) is 2.57. The van der Waals surface area contributed by atoms with Gasteiger partial charge in [-0.1, -0.05) is 27.2 Å². The number of unbranched alkanes of at least 4 members (excludes halogenated alkanes) is 1. The molecule has 0 saturated carbocycles. The Bertz CT molecular complexity index is 70.2. The fourth-order valence-electron chi connectivity index (χ4n) is 1.35. The molecule has 1 nitrogen and oxygen atoms in total. The van der Waals surface area contributed by atoms with E-state index in [-0.39, 0.29) is 18.0 Å². The van der Waals surface area contributed by atoms with Crippen molar-refractivity contribution in [3.8, 4) is 0 Å². The van der Waals surface area contributed by atoms with Gasteiger partial charge in [0.25, 0.3) is 0 Å². The summed E-state index contributed by atoms with van der Waals surface area (Å²) in [6.07, 6.45) is 5.28. The SMILES string of the molecule is CCCCN(CCC)CCC.[AsH3]. The van der Waals surface area contributed by atoms with Crippen LogP contribution in [-0.2, 0) is 0 Å². The molecule has 0 spiro atoms. The molecular weight excluding hydrogens is 209 g/mol. The van der Waals surface area contributed by atoms with Crippen LogP contribution in [0.1, 0.15) is 46.5 Å². The van der Waals surface area contributed by atoms with Crippen LogP contribution in [0.5, 0.6) is 0 Å². The summed E-state index contributed by atoms with van der Waals surface area (Å²) in [5.74, 6) is 0. The van der Waals surface area contributed by atoms with E-state index < -0.39 is 0 Å². The van der Waals surface area contributed by atoms with Crippen LogP contribution in [0.4, 0.5) is 0 Å². The van der Waals surface area contributed by atoms with Crippen molar-refractivity contribution in [3.63, 3.8) is 0 Å². The van der Waals surface area contributed by atoms with Gasteiger partial charge in [0.1, 0.15) is 0 Å². The van der Waals surface area contributed by atoms with Crippen LogP contribution < -0.4 is 0 Å². The Labute approximate surface area is 89.2 Å². The first-order valence-corrected chi connectivity index (χ1v) is 5.07. The maximum atomic E-state index is 2.57. The van der Waals surface area contributed by atoms with E-state index in [4.69, 9.17) is 0 Å². The monoisotopic (exact) mass is 235 g/mol. The molecule has 0 aliphatic rings. The Morgan fingerprint density at radius 1 is 0.750 bits per heavy atom. The van der Waals surface area contributed by atoms with Crippen molar-refractivity contribution in [2.45, 2.75) is 46.5 Å². The summed E-state index contributed by atoms with van der Waals surface area (Å²) >= 11 is 0. The van der Waals surface area contributed by atoms with Gasteiger partial charge in [-0.3, -0.25) is 0 Å². The molecule has 1 atom stereocenters. The molecule has 0 amide bonds. The fourth-order valence-corrected chi connectivity index (χ4v) is 1.35. The average molecular weight is 235 g/mol. The molecule has 2 heteroatoms. The third kappa shape index (κ3) is 8.61. The Kier molecular flexibility index (Phi) is 14.4. The number of hydrogen-bond donors (Lipinski definition) is 0. The minimum absolute atomic E-state index is 0. The molecule has 0 aromatic rings. The molecule has 76 valence electrons. The van der Waals surface area contributed by atoms with Crippen molar-refractivity contribution >= 4 is 18.0 Å². The number of rotatable bonds is 7. The second-order valence-electron chi connectivity index (χ2n) is 3.20. The summed E-state index contributed by atoms with van der Waals surface area (Å²) in [6, 6.07) is 0. The van der Waals surface area contributed by atoms with Crippen LogP contribution in [0, 0.1) is 0 Å². The van der Waals surface area contributed by atoms with E-state index in [0.717, 1.165) is 0 Å². The van der Waals surface area contributed by atoms with Crippen LogP contribution in [0.3, 0.4) is 0 Å². The molecule has 0 bridgehead atoms. The van der Waals surface area contributed by atoms with E-state index in [0.29, 0.717) is 0 Å². The van der Waals surface area contributed by atoms with Gasteiger partial charge >= 0.3 is 18.0 Å². The van der Waals surface area contributed by atoms with Crippen LogP contribution in [0.25, 0.3) is 0 Å². The first-order chi connectivity index (χ1) is 5.35. The number of hydrogen-bond acceptors (Lipinski definition) is 1. The maximum absolute atomic E-state index is 2.57. The van der Waals surface area contributed by atoms with Crippen molar-refractivity contribution in [2.75, 3.05) is 19.6 Å². The van der Waals surface area contributed by atoms with Crippen molar-refractivity contribution in [1.82, 2.24) is 4.90 Å². The molecule has 0 saturated heterocycles. The van der Waals surface area contributed by atoms with Crippen molar-refractivity contribution < 1.29 is 0 Å². The zero-order valence-corrected chi connectivity index (χ0v) is 12.1. The molecular formula is C10H26AsN. The second-order valence-corrected chi connectivity index (χ2v) is 3.20. The predicted octanol–water partition coefficient (Wildman–Crippen LogP) is 1.72. The Balaban J connectivity index is 0. The van der Waals surface area contributed by atoms with Gasteiger partial charge in [0.05, 0.1) is 0 Å². The summed E-state index contributed by atoms with van der Waals surface area (Å²) in [5, 5.41) is 0. The Morgan fingerprint density at radius 2 is 1.25 bits per heavy atom. The minimum atomic E-state index is 0. The van der Waals surface area contributed by atoms with Crippen LogP contribution >= 0.6 is 0 Å². The van der Waals surface area contributed by atoms with Crippen molar-refractivity contribution in [1.29, 1.82) is 0 Å². The Morgan fingerprint density at radius 3 is 1.58 bits per heavy atom. The van der Waals surface area contributed by atoms with E-state index in [1.807, 2.05) is 0 Å². The molecule has 12 heavy (non-hydrogen) atoms. The molecule has 0 N–H and O–H groups in total. The van der Waals surface area contributed by atoms with E-state index in [2.05, 4.69) is 25.7 Å². The molecule has 0 heterocycles. The zero-order chi connectivity index (χ0) is 8.53. The van der Waals surface area contributed by atoms with Crippen molar-refractivity contribution in [2.24, 2.45) is 0 Å². The third-order valence-corrected chi connectivity index (χ3v) is 1.91. The molecule has 0 aromatic carbocycles. The molecule has 0 aromatic heterocycles. The van der Waals surface area contributed by atoms with Gasteiger partial charge in [-0.05, 0) is 38.9 Å². The summed E-state index contributed by atoms with van der Waals surface area (Å²) in [5.41, 5.74) is 0. The topological polar surface area (TPSA) is 3.24 Å². The van der Waals surface area contributed by atoms with Gasteiger partial charge in [-0.2, -0.15) is 0 Å². The van der Waals surface area contributed by atoms with E-state index in [1.54, 1.807) is 0 Å². The fraction of sp³-hybridized carbons (Fsp3) is 1.00. The van der Waals surface area contributed by atoms with Gasteiger partial charge in [-0.25, -0.2) is 0 Å². The van der Waals surface area contributed by atoms with Crippen LogP contribution in [0.15, 0.2) is 0 Å². The van der Waals surface area contributed by atoms with E-state index in [9.17, 15) is 0 Å².